The molecular formula is C18H32N2O. The van der Waals surface area contributed by atoms with E-state index in [-0.39, 0.29) is 0 Å². The highest BCUT2D eigenvalue weighted by atomic mass is 16.5. The van der Waals surface area contributed by atoms with Crippen LogP contribution in [0, 0.1) is 5.92 Å². The Labute approximate surface area is 129 Å². The third-order valence-corrected chi connectivity index (χ3v) is 6.80. The van der Waals surface area contributed by atoms with Crippen LogP contribution >= 0.6 is 0 Å². The van der Waals surface area contributed by atoms with Crippen LogP contribution in [0.15, 0.2) is 0 Å². The number of nitrogens with one attached hydrogen (secondary N) is 1. The third kappa shape index (κ3) is 2.77. The molecule has 2 atom stereocenters. The van der Waals surface area contributed by atoms with Gasteiger partial charge in [-0.1, -0.05) is 32.1 Å². The Morgan fingerprint density at radius 3 is 2.48 bits per heavy atom. The first-order valence-electron chi connectivity index (χ1n) is 9.45. The lowest BCUT2D eigenvalue weighted by atomic mass is 9.80. The van der Waals surface area contributed by atoms with Crippen molar-refractivity contribution in [2.24, 2.45) is 5.92 Å². The molecule has 0 aromatic carbocycles. The van der Waals surface area contributed by atoms with Crippen LogP contribution in [0.5, 0.6) is 0 Å². The van der Waals surface area contributed by atoms with Crippen molar-refractivity contribution in [2.45, 2.75) is 81.8 Å². The van der Waals surface area contributed by atoms with Crippen LogP contribution in [0.3, 0.4) is 0 Å². The Bertz CT molecular complexity index is 341. The van der Waals surface area contributed by atoms with E-state index in [1.54, 1.807) is 0 Å². The summed E-state index contributed by atoms with van der Waals surface area (Å²) in [6.07, 6.45) is 14.2. The molecule has 2 heterocycles. The Balaban J connectivity index is 1.49. The summed E-state index contributed by atoms with van der Waals surface area (Å²) < 4.78 is 5.73. The molecule has 1 spiro atoms. The van der Waals surface area contributed by atoms with Crippen molar-refractivity contribution in [1.82, 2.24) is 10.2 Å². The normalized spacial score (nSPS) is 38.3. The molecule has 0 amide bonds. The summed E-state index contributed by atoms with van der Waals surface area (Å²) in [4.78, 5) is 2.92. The van der Waals surface area contributed by atoms with Crippen molar-refractivity contribution in [3.8, 4) is 0 Å². The number of piperazine rings is 1. The average molecular weight is 292 g/mol. The first kappa shape index (κ1) is 14.5. The second-order valence-electron chi connectivity index (χ2n) is 7.99. The third-order valence-electron chi connectivity index (χ3n) is 6.80. The van der Waals surface area contributed by atoms with E-state index in [9.17, 15) is 0 Å². The fourth-order valence-corrected chi connectivity index (χ4v) is 5.55. The first-order chi connectivity index (χ1) is 10.4. The molecular weight excluding hydrogens is 260 g/mol. The Morgan fingerprint density at radius 2 is 1.76 bits per heavy atom. The van der Waals surface area contributed by atoms with E-state index in [4.69, 9.17) is 4.74 Å². The minimum atomic E-state index is 0.476. The highest BCUT2D eigenvalue weighted by Crippen LogP contribution is 2.41. The summed E-state index contributed by atoms with van der Waals surface area (Å²) >= 11 is 0. The number of hydrogen-bond acceptors (Lipinski definition) is 3. The van der Waals surface area contributed by atoms with Gasteiger partial charge in [0.25, 0.3) is 0 Å². The molecule has 3 nitrogen and oxygen atoms in total. The summed E-state index contributed by atoms with van der Waals surface area (Å²) in [6, 6.07) is 1.45. The quantitative estimate of drug-likeness (QED) is 0.847. The van der Waals surface area contributed by atoms with E-state index in [1.807, 2.05) is 0 Å². The molecule has 0 aromatic heterocycles. The van der Waals surface area contributed by atoms with E-state index < -0.39 is 0 Å². The van der Waals surface area contributed by atoms with Gasteiger partial charge < -0.3 is 10.1 Å². The lowest BCUT2D eigenvalue weighted by Gasteiger charge is -2.52. The Kier molecular flexibility index (Phi) is 4.25. The van der Waals surface area contributed by atoms with Gasteiger partial charge in [-0.05, 0) is 38.0 Å². The van der Waals surface area contributed by atoms with Crippen molar-refractivity contribution in [3.63, 3.8) is 0 Å². The van der Waals surface area contributed by atoms with Gasteiger partial charge in [-0.2, -0.15) is 0 Å². The molecule has 4 rings (SSSR count). The second-order valence-corrected chi connectivity index (χ2v) is 7.99. The van der Waals surface area contributed by atoms with Crippen LogP contribution in [-0.2, 0) is 4.74 Å². The molecule has 2 saturated carbocycles. The van der Waals surface area contributed by atoms with Gasteiger partial charge in [0.1, 0.15) is 0 Å². The van der Waals surface area contributed by atoms with Gasteiger partial charge in [0.05, 0.1) is 6.61 Å². The van der Waals surface area contributed by atoms with Crippen LogP contribution in [0.4, 0.5) is 0 Å². The van der Waals surface area contributed by atoms with Crippen LogP contribution in [0.1, 0.15) is 64.2 Å². The molecule has 2 aliphatic carbocycles. The van der Waals surface area contributed by atoms with E-state index >= 15 is 0 Å². The van der Waals surface area contributed by atoms with Crippen molar-refractivity contribution in [3.05, 3.63) is 0 Å². The number of hydrogen-bond donors (Lipinski definition) is 1. The average Bonchev–Trinajstić information content (AvgIpc) is 3.21. The molecule has 0 radical (unpaired) electrons. The monoisotopic (exact) mass is 292 g/mol. The number of ether oxygens (including phenoxy) is 1. The summed E-state index contributed by atoms with van der Waals surface area (Å²) in [7, 11) is 0. The topological polar surface area (TPSA) is 24.5 Å². The van der Waals surface area contributed by atoms with Crippen molar-refractivity contribution < 1.29 is 4.74 Å². The highest BCUT2D eigenvalue weighted by molar-refractivity contribution is 5.05. The number of rotatable bonds is 2. The zero-order chi connectivity index (χ0) is 14.1. The molecule has 21 heavy (non-hydrogen) atoms. The van der Waals surface area contributed by atoms with Gasteiger partial charge in [-0.25, -0.2) is 0 Å². The van der Waals surface area contributed by atoms with Gasteiger partial charge in [-0.15, -0.1) is 0 Å². The molecule has 2 aliphatic heterocycles. The smallest absolute Gasteiger partial charge is 0.0622 e. The van der Waals surface area contributed by atoms with Crippen LogP contribution in [0.25, 0.3) is 0 Å². The molecule has 0 aromatic rings. The zero-order valence-electron chi connectivity index (χ0n) is 13.5. The predicted octanol–water partition coefficient (Wildman–Crippen LogP) is 2.94. The fraction of sp³-hybridized carbons (Fsp3) is 1.00. The molecule has 2 unspecified atom stereocenters. The highest BCUT2D eigenvalue weighted by Gasteiger charge is 2.47. The molecule has 3 heteroatoms. The largest absolute Gasteiger partial charge is 0.380 e. The standard InChI is InChI=1S/C18H32N2O/c1-2-6-15(7-3-1)17-12-20(16-8-11-21-13-16)18(14-19-17)9-4-5-10-18/h15-17,19H,1-14H2. The number of nitrogens with zero attached hydrogens (tertiary/aromatic N) is 1. The van der Waals surface area contributed by atoms with Crippen molar-refractivity contribution in [2.75, 3.05) is 26.3 Å². The van der Waals surface area contributed by atoms with E-state index in [0.717, 1.165) is 25.2 Å². The predicted molar refractivity (Wildman–Crippen MR) is 85.5 cm³/mol. The Morgan fingerprint density at radius 1 is 0.952 bits per heavy atom. The minimum absolute atomic E-state index is 0.476. The van der Waals surface area contributed by atoms with Gasteiger partial charge in [0.15, 0.2) is 0 Å². The summed E-state index contributed by atoms with van der Waals surface area (Å²) in [5, 5.41) is 3.99. The van der Waals surface area contributed by atoms with Crippen LogP contribution < -0.4 is 5.32 Å². The molecule has 2 saturated heterocycles. The molecule has 1 N–H and O–H groups in total. The summed E-state index contributed by atoms with van der Waals surface area (Å²) in [5.74, 6) is 0.933. The maximum Gasteiger partial charge on any atom is 0.0622 e. The van der Waals surface area contributed by atoms with Crippen molar-refractivity contribution >= 4 is 0 Å². The summed E-state index contributed by atoms with van der Waals surface area (Å²) in [6.45, 7) is 4.50. The zero-order valence-corrected chi connectivity index (χ0v) is 13.5. The van der Waals surface area contributed by atoms with Crippen LogP contribution in [0.2, 0.25) is 0 Å². The molecule has 0 bridgehead atoms. The molecule has 120 valence electrons. The van der Waals surface area contributed by atoms with E-state index in [0.29, 0.717) is 11.6 Å². The van der Waals surface area contributed by atoms with Gasteiger partial charge >= 0.3 is 0 Å². The van der Waals surface area contributed by atoms with E-state index in [2.05, 4.69) is 10.2 Å². The minimum Gasteiger partial charge on any atom is -0.380 e. The maximum atomic E-state index is 5.73. The fourth-order valence-electron chi connectivity index (χ4n) is 5.55. The molecule has 4 aliphatic rings. The van der Waals surface area contributed by atoms with Gasteiger partial charge in [0, 0.05) is 37.3 Å². The van der Waals surface area contributed by atoms with Gasteiger partial charge in [-0.3, -0.25) is 4.90 Å². The lowest BCUT2D eigenvalue weighted by molar-refractivity contribution is -0.0120. The second kappa shape index (κ2) is 6.17. The van der Waals surface area contributed by atoms with E-state index in [1.165, 1.54) is 77.3 Å². The first-order valence-corrected chi connectivity index (χ1v) is 9.45. The molecule has 4 fully saturated rings. The van der Waals surface area contributed by atoms with Crippen LogP contribution in [-0.4, -0.2) is 48.8 Å². The lowest BCUT2D eigenvalue weighted by Crippen LogP contribution is -2.67. The van der Waals surface area contributed by atoms with Gasteiger partial charge in [0.2, 0.25) is 0 Å². The maximum absolute atomic E-state index is 5.73. The Hall–Kier alpha value is -0.120. The van der Waals surface area contributed by atoms with Crippen molar-refractivity contribution in [1.29, 1.82) is 0 Å². The summed E-state index contributed by atoms with van der Waals surface area (Å²) in [5.41, 5.74) is 0.476. The SMILES string of the molecule is C1CCC(C2CN(C3CCOC3)C3(CCCC3)CN2)CC1.